The zero-order chi connectivity index (χ0) is 22.2. The van der Waals surface area contributed by atoms with Gasteiger partial charge in [-0.1, -0.05) is 12.1 Å². The highest BCUT2D eigenvalue weighted by Crippen LogP contribution is 2.29. The zero-order valence-corrected chi connectivity index (χ0v) is 16.7. The van der Waals surface area contributed by atoms with Crippen molar-refractivity contribution in [2.45, 2.75) is 13.1 Å². The lowest BCUT2D eigenvalue weighted by molar-refractivity contribution is -0.137. The number of halogens is 3. The molecule has 0 bridgehead atoms. The van der Waals surface area contributed by atoms with Crippen LogP contribution in [0.3, 0.4) is 0 Å². The van der Waals surface area contributed by atoms with Crippen LogP contribution in [0.4, 0.5) is 24.8 Å². The lowest BCUT2D eigenvalue weighted by atomic mass is 10.1. The lowest BCUT2D eigenvalue weighted by Gasteiger charge is -2.07. The van der Waals surface area contributed by atoms with E-state index in [1.54, 1.807) is 16.6 Å². The van der Waals surface area contributed by atoms with E-state index in [1.807, 2.05) is 17.5 Å². The van der Waals surface area contributed by atoms with Gasteiger partial charge in [0, 0.05) is 29.1 Å². The molecule has 31 heavy (non-hydrogen) atoms. The Morgan fingerprint density at radius 2 is 1.68 bits per heavy atom. The zero-order valence-electron chi connectivity index (χ0n) is 15.9. The summed E-state index contributed by atoms with van der Waals surface area (Å²) in [6.45, 7) is 1.42. The number of thiazole rings is 1. The SMILES string of the molecule is CC(=O)Nc1ccc(-c2csc3nc(NC(=O)c4ccc(C(F)(F)F)cc4)nn23)cc1. The maximum atomic E-state index is 12.7. The van der Waals surface area contributed by atoms with Gasteiger partial charge in [0.15, 0.2) is 0 Å². The van der Waals surface area contributed by atoms with Gasteiger partial charge in [-0.05, 0) is 36.4 Å². The predicted molar refractivity (Wildman–Crippen MR) is 110 cm³/mol. The number of carbonyl (C=O) groups is 2. The highest BCUT2D eigenvalue weighted by molar-refractivity contribution is 7.15. The van der Waals surface area contributed by atoms with Crippen molar-refractivity contribution < 1.29 is 22.8 Å². The van der Waals surface area contributed by atoms with Gasteiger partial charge in [0.1, 0.15) is 0 Å². The predicted octanol–water partition coefficient (Wildman–Crippen LogP) is 4.69. The summed E-state index contributed by atoms with van der Waals surface area (Å²) < 4.78 is 39.6. The molecule has 0 unspecified atom stereocenters. The first-order valence-electron chi connectivity index (χ1n) is 8.91. The average molecular weight is 445 g/mol. The van der Waals surface area contributed by atoms with E-state index in [1.165, 1.54) is 18.3 Å². The number of benzene rings is 2. The fraction of sp³-hybridized carbons (Fsp3) is 0.100. The quantitative estimate of drug-likeness (QED) is 0.477. The molecule has 2 N–H and O–H groups in total. The van der Waals surface area contributed by atoms with Crippen molar-refractivity contribution in [1.29, 1.82) is 0 Å². The van der Waals surface area contributed by atoms with E-state index in [2.05, 4.69) is 20.7 Å². The summed E-state index contributed by atoms with van der Waals surface area (Å²) in [5, 5.41) is 11.3. The van der Waals surface area contributed by atoms with Gasteiger partial charge in [-0.25, -0.2) is 4.52 Å². The number of nitrogens with zero attached hydrogens (tertiary/aromatic N) is 3. The van der Waals surface area contributed by atoms with Crippen LogP contribution in [-0.2, 0) is 11.0 Å². The molecule has 2 amide bonds. The third-order valence-electron chi connectivity index (χ3n) is 4.28. The molecular weight excluding hydrogens is 431 g/mol. The summed E-state index contributed by atoms with van der Waals surface area (Å²) in [5.41, 5.74) is 1.44. The van der Waals surface area contributed by atoms with Crippen LogP contribution >= 0.6 is 11.3 Å². The van der Waals surface area contributed by atoms with Crippen LogP contribution in [0.1, 0.15) is 22.8 Å². The Labute approximate surface area is 177 Å². The number of carbonyl (C=O) groups excluding carboxylic acids is 2. The summed E-state index contributed by atoms with van der Waals surface area (Å²) in [6.07, 6.45) is -4.47. The number of aromatic nitrogens is 3. The van der Waals surface area contributed by atoms with Gasteiger partial charge in [0.05, 0.1) is 11.3 Å². The highest BCUT2D eigenvalue weighted by Gasteiger charge is 2.30. The molecule has 11 heteroatoms. The molecule has 0 radical (unpaired) electrons. The number of hydrogen-bond donors (Lipinski definition) is 2. The Bertz CT molecular complexity index is 1260. The number of nitrogens with one attached hydrogen (secondary N) is 2. The van der Waals surface area contributed by atoms with Crippen LogP contribution < -0.4 is 10.6 Å². The number of hydrogen-bond acceptors (Lipinski definition) is 5. The Hall–Kier alpha value is -3.73. The molecule has 0 aliphatic rings. The van der Waals surface area contributed by atoms with Crippen LogP contribution in [0.25, 0.3) is 16.2 Å². The largest absolute Gasteiger partial charge is 0.416 e. The average Bonchev–Trinajstić information content (AvgIpc) is 3.28. The van der Waals surface area contributed by atoms with Crippen molar-refractivity contribution in [3.8, 4) is 11.3 Å². The summed E-state index contributed by atoms with van der Waals surface area (Å²) >= 11 is 1.32. The lowest BCUT2D eigenvalue weighted by Crippen LogP contribution is -2.14. The monoisotopic (exact) mass is 445 g/mol. The normalized spacial score (nSPS) is 11.5. The van der Waals surface area contributed by atoms with E-state index in [9.17, 15) is 22.8 Å². The molecule has 2 aromatic carbocycles. The van der Waals surface area contributed by atoms with Crippen molar-refractivity contribution in [2.24, 2.45) is 0 Å². The van der Waals surface area contributed by atoms with Gasteiger partial charge in [-0.15, -0.1) is 16.4 Å². The summed E-state index contributed by atoms with van der Waals surface area (Å²) in [4.78, 5) is 28.3. The van der Waals surface area contributed by atoms with Crippen LogP contribution in [0.15, 0.2) is 53.9 Å². The first-order valence-corrected chi connectivity index (χ1v) is 9.79. The highest BCUT2D eigenvalue weighted by atomic mass is 32.1. The van der Waals surface area contributed by atoms with Crippen LogP contribution in [0.5, 0.6) is 0 Å². The van der Waals surface area contributed by atoms with Gasteiger partial charge in [-0.2, -0.15) is 18.2 Å². The van der Waals surface area contributed by atoms with E-state index in [0.717, 1.165) is 35.5 Å². The minimum atomic E-state index is -4.47. The second-order valence-corrected chi connectivity index (χ2v) is 7.38. The number of alkyl halides is 3. The maximum Gasteiger partial charge on any atom is 0.416 e. The summed E-state index contributed by atoms with van der Waals surface area (Å²) in [7, 11) is 0. The van der Waals surface area contributed by atoms with Gasteiger partial charge in [-0.3, -0.25) is 14.9 Å². The molecule has 4 aromatic rings. The molecule has 158 valence electrons. The Balaban J connectivity index is 1.53. The maximum absolute atomic E-state index is 12.7. The van der Waals surface area contributed by atoms with E-state index < -0.39 is 17.6 Å². The van der Waals surface area contributed by atoms with Crippen LogP contribution in [0, 0.1) is 0 Å². The number of rotatable bonds is 4. The molecular formula is C20H14F3N5O2S. The summed E-state index contributed by atoms with van der Waals surface area (Å²) in [5.74, 6) is -0.753. The molecule has 4 rings (SSSR count). The molecule has 0 saturated heterocycles. The fourth-order valence-electron chi connectivity index (χ4n) is 2.84. The van der Waals surface area contributed by atoms with E-state index in [-0.39, 0.29) is 17.4 Å². The first-order chi connectivity index (χ1) is 14.7. The van der Waals surface area contributed by atoms with Crippen LogP contribution in [-0.4, -0.2) is 26.4 Å². The molecule has 2 heterocycles. The molecule has 7 nitrogen and oxygen atoms in total. The number of amides is 2. The molecule has 0 aliphatic heterocycles. The van der Waals surface area contributed by atoms with Crippen molar-refractivity contribution >= 4 is 39.7 Å². The molecule has 2 aromatic heterocycles. The van der Waals surface area contributed by atoms with Crippen molar-refractivity contribution in [2.75, 3.05) is 10.6 Å². The standard InChI is InChI=1S/C20H14F3N5O2S/c1-11(29)24-15-8-4-12(5-9-15)16-10-31-19-26-18(27-28(16)19)25-17(30)13-2-6-14(7-3-13)20(21,22)23/h2-10H,1H3,(H,24,29)(H,25,27,30). The summed E-state index contributed by atoms with van der Waals surface area (Å²) in [6, 6.07) is 11.0. The third kappa shape index (κ3) is 4.40. The van der Waals surface area contributed by atoms with E-state index in [0.29, 0.717) is 10.6 Å². The smallest absolute Gasteiger partial charge is 0.326 e. The third-order valence-corrected chi connectivity index (χ3v) is 5.10. The van der Waals surface area contributed by atoms with Crippen molar-refractivity contribution in [1.82, 2.24) is 14.6 Å². The Morgan fingerprint density at radius 1 is 1.00 bits per heavy atom. The second kappa shape index (κ2) is 7.84. The van der Waals surface area contributed by atoms with Gasteiger partial charge < -0.3 is 5.32 Å². The minimum absolute atomic E-state index is 0.0351. The Kier molecular flexibility index (Phi) is 5.19. The van der Waals surface area contributed by atoms with Gasteiger partial charge >= 0.3 is 6.18 Å². The number of anilines is 2. The fourth-order valence-corrected chi connectivity index (χ4v) is 3.68. The number of fused-ring (bicyclic) bond motifs is 1. The van der Waals surface area contributed by atoms with Crippen molar-refractivity contribution in [3.05, 3.63) is 65.0 Å². The van der Waals surface area contributed by atoms with Gasteiger partial charge in [0.2, 0.25) is 10.9 Å². The van der Waals surface area contributed by atoms with Gasteiger partial charge in [0.25, 0.3) is 11.9 Å². The Morgan fingerprint density at radius 3 is 2.29 bits per heavy atom. The topological polar surface area (TPSA) is 88.4 Å². The van der Waals surface area contributed by atoms with Crippen LogP contribution in [0.2, 0.25) is 0 Å². The molecule has 0 atom stereocenters. The molecule has 0 spiro atoms. The molecule has 0 fully saturated rings. The van der Waals surface area contributed by atoms with Crippen molar-refractivity contribution in [3.63, 3.8) is 0 Å². The van der Waals surface area contributed by atoms with E-state index >= 15 is 0 Å². The second-order valence-electron chi connectivity index (χ2n) is 6.54. The molecule has 0 aliphatic carbocycles. The van der Waals surface area contributed by atoms with E-state index in [4.69, 9.17) is 0 Å². The first kappa shape index (κ1) is 20.5. The molecule has 0 saturated carbocycles. The minimum Gasteiger partial charge on any atom is -0.326 e.